The third-order valence-electron chi connectivity index (χ3n) is 1.72. The highest BCUT2D eigenvalue weighted by Gasteiger charge is 2.12. The SMILES string of the molecule is Nc1ccc(C(=O)OCCCF)c(F)c1. The van der Waals surface area contributed by atoms with Crippen LogP contribution in [-0.2, 0) is 4.74 Å². The maximum Gasteiger partial charge on any atom is 0.341 e. The van der Waals surface area contributed by atoms with Crippen molar-refractivity contribution in [2.45, 2.75) is 6.42 Å². The summed E-state index contributed by atoms with van der Waals surface area (Å²) in [6, 6.07) is 3.67. The number of nitrogen functional groups attached to an aromatic ring is 1. The van der Waals surface area contributed by atoms with Gasteiger partial charge in [0.05, 0.1) is 18.8 Å². The van der Waals surface area contributed by atoms with E-state index >= 15 is 0 Å². The van der Waals surface area contributed by atoms with E-state index in [9.17, 15) is 13.6 Å². The van der Waals surface area contributed by atoms with E-state index in [0.717, 1.165) is 6.07 Å². The molecule has 0 aliphatic carbocycles. The molecule has 0 radical (unpaired) electrons. The molecule has 15 heavy (non-hydrogen) atoms. The van der Waals surface area contributed by atoms with Crippen LogP contribution in [0.2, 0.25) is 0 Å². The Labute approximate surface area is 85.8 Å². The Bertz CT molecular complexity index is 355. The monoisotopic (exact) mass is 215 g/mol. The fraction of sp³-hybridized carbons (Fsp3) is 0.300. The van der Waals surface area contributed by atoms with Crippen molar-refractivity contribution in [1.82, 2.24) is 0 Å². The summed E-state index contributed by atoms with van der Waals surface area (Å²) >= 11 is 0. The van der Waals surface area contributed by atoms with Gasteiger partial charge in [-0.2, -0.15) is 0 Å². The molecule has 1 rings (SSSR count). The van der Waals surface area contributed by atoms with Crippen molar-refractivity contribution in [3.63, 3.8) is 0 Å². The molecule has 0 fully saturated rings. The zero-order valence-electron chi connectivity index (χ0n) is 8.00. The first-order chi connectivity index (χ1) is 7.15. The fourth-order valence-electron chi connectivity index (χ4n) is 0.994. The quantitative estimate of drug-likeness (QED) is 0.474. The van der Waals surface area contributed by atoms with Gasteiger partial charge in [0.25, 0.3) is 0 Å². The smallest absolute Gasteiger partial charge is 0.341 e. The Hall–Kier alpha value is -1.65. The van der Waals surface area contributed by atoms with E-state index in [1.165, 1.54) is 12.1 Å². The van der Waals surface area contributed by atoms with Crippen LogP contribution >= 0.6 is 0 Å². The molecular weight excluding hydrogens is 204 g/mol. The number of alkyl halides is 1. The average Bonchev–Trinajstić information content (AvgIpc) is 2.17. The molecule has 0 atom stereocenters. The molecule has 0 heterocycles. The Kier molecular flexibility index (Phi) is 4.03. The largest absolute Gasteiger partial charge is 0.462 e. The van der Waals surface area contributed by atoms with Crippen molar-refractivity contribution in [2.75, 3.05) is 19.0 Å². The third-order valence-corrected chi connectivity index (χ3v) is 1.72. The van der Waals surface area contributed by atoms with Crippen LogP contribution < -0.4 is 5.73 Å². The summed E-state index contributed by atoms with van der Waals surface area (Å²) in [7, 11) is 0. The number of esters is 1. The summed E-state index contributed by atoms with van der Waals surface area (Å²) in [5.74, 6) is -1.54. The van der Waals surface area contributed by atoms with Crippen LogP contribution in [0.1, 0.15) is 16.8 Å². The second-order valence-corrected chi connectivity index (χ2v) is 2.92. The van der Waals surface area contributed by atoms with Crippen molar-refractivity contribution in [2.24, 2.45) is 0 Å². The topological polar surface area (TPSA) is 52.3 Å². The number of halogens is 2. The molecular formula is C10H11F2NO2. The predicted molar refractivity (Wildman–Crippen MR) is 51.7 cm³/mol. The summed E-state index contributed by atoms with van der Waals surface area (Å²) in [4.78, 5) is 11.2. The summed E-state index contributed by atoms with van der Waals surface area (Å²) in [6.45, 7) is -0.628. The highest BCUT2D eigenvalue weighted by atomic mass is 19.1. The zero-order valence-corrected chi connectivity index (χ0v) is 8.00. The first-order valence-electron chi connectivity index (χ1n) is 4.43. The van der Waals surface area contributed by atoms with Gasteiger partial charge in [0, 0.05) is 12.1 Å². The van der Waals surface area contributed by atoms with Crippen LogP contribution in [0.4, 0.5) is 14.5 Å². The van der Waals surface area contributed by atoms with Gasteiger partial charge in [-0.05, 0) is 18.2 Å². The molecule has 0 spiro atoms. The molecule has 0 aromatic heterocycles. The second kappa shape index (κ2) is 5.29. The van der Waals surface area contributed by atoms with Gasteiger partial charge in [0.15, 0.2) is 0 Å². The van der Waals surface area contributed by atoms with Gasteiger partial charge in [-0.15, -0.1) is 0 Å². The molecule has 0 bridgehead atoms. The van der Waals surface area contributed by atoms with Crippen LogP contribution in [0.3, 0.4) is 0 Å². The summed E-state index contributed by atoms with van der Waals surface area (Å²) in [6.07, 6.45) is 0.113. The predicted octanol–water partition coefficient (Wildman–Crippen LogP) is 1.92. The van der Waals surface area contributed by atoms with Gasteiger partial charge in [-0.25, -0.2) is 9.18 Å². The number of hydrogen-bond acceptors (Lipinski definition) is 3. The van der Waals surface area contributed by atoms with E-state index < -0.39 is 18.5 Å². The number of hydrogen-bond donors (Lipinski definition) is 1. The second-order valence-electron chi connectivity index (χ2n) is 2.92. The van der Waals surface area contributed by atoms with Gasteiger partial charge in [-0.3, -0.25) is 4.39 Å². The fourth-order valence-corrected chi connectivity index (χ4v) is 0.994. The number of rotatable bonds is 4. The highest BCUT2D eigenvalue weighted by Crippen LogP contribution is 2.12. The van der Waals surface area contributed by atoms with Gasteiger partial charge < -0.3 is 10.5 Å². The molecule has 0 unspecified atom stereocenters. The normalized spacial score (nSPS) is 10.0. The highest BCUT2D eigenvalue weighted by molar-refractivity contribution is 5.90. The Balaban J connectivity index is 2.65. The Morgan fingerprint density at radius 2 is 2.20 bits per heavy atom. The minimum Gasteiger partial charge on any atom is -0.462 e. The minimum absolute atomic E-state index is 0.0564. The van der Waals surface area contributed by atoms with Gasteiger partial charge in [-0.1, -0.05) is 0 Å². The van der Waals surface area contributed by atoms with E-state index in [4.69, 9.17) is 5.73 Å². The lowest BCUT2D eigenvalue weighted by molar-refractivity contribution is 0.0489. The number of anilines is 1. The molecule has 0 aliphatic heterocycles. The van der Waals surface area contributed by atoms with Crippen LogP contribution in [0, 0.1) is 5.82 Å². The summed E-state index contributed by atoms with van der Waals surface area (Å²) in [5.41, 5.74) is 5.35. The van der Waals surface area contributed by atoms with Gasteiger partial charge >= 0.3 is 5.97 Å². The molecule has 2 N–H and O–H groups in total. The number of nitrogens with two attached hydrogens (primary N) is 1. The van der Waals surface area contributed by atoms with E-state index in [1.54, 1.807) is 0 Å². The Morgan fingerprint density at radius 1 is 1.47 bits per heavy atom. The molecule has 1 aromatic rings. The van der Waals surface area contributed by atoms with Crippen molar-refractivity contribution in [1.29, 1.82) is 0 Å². The molecule has 82 valence electrons. The average molecular weight is 215 g/mol. The number of ether oxygens (including phenoxy) is 1. The van der Waals surface area contributed by atoms with Crippen LogP contribution in [0.5, 0.6) is 0 Å². The molecule has 0 amide bonds. The number of carbonyl (C=O) groups is 1. The third kappa shape index (κ3) is 3.19. The summed E-state index contributed by atoms with van der Waals surface area (Å²) in [5, 5.41) is 0. The lowest BCUT2D eigenvalue weighted by Gasteiger charge is -2.04. The van der Waals surface area contributed by atoms with E-state index in [1.807, 2.05) is 0 Å². The maximum atomic E-state index is 13.2. The van der Waals surface area contributed by atoms with Gasteiger partial charge in [0.1, 0.15) is 5.82 Å². The van der Waals surface area contributed by atoms with Crippen LogP contribution in [0.15, 0.2) is 18.2 Å². The first kappa shape index (κ1) is 11.4. The van der Waals surface area contributed by atoms with E-state index in [0.29, 0.717) is 0 Å². The van der Waals surface area contributed by atoms with Crippen LogP contribution in [0.25, 0.3) is 0 Å². The lowest BCUT2D eigenvalue weighted by atomic mass is 10.2. The van der Waals surface area contributed by atoms with Crippen molar-refractivity contribution in [3.8, 4) is 0 Å². The summed E-state index contributed by atoms with van der Waals surface area (Å²) < 4.78 is 29.5. The van der Waals surface area contributed by atoms with Crippen molar-refractivity contribution < 1.29 is 18.3 Å². The van der Waals surface area contributed by atoms with Gasteiger partial charge in [0.2, 0.25) is 0 Å². The maximum absolute atomic E-state index is 13.2. The molecule has 5 heteroatoms. The first-order valence-corrected chi connectivity index (χ1v) is 4.43. The zero-order chi connectivity index (χ0) is 11.3. The lowest BCUT2D eigenvalue weighted by Crippen LogP contribution is -2.09. The van der Waals surface area contributed by atoms with E-state index in [-0.39, 0.29) is 24.3 Å². The molecule has 0 saturated carbocycles. The Morgan fingerprint density at radius 3 is 2.80 bits per heavy atom. The number of carbonyl (C=O) groups excluding carboxylic acids is 1. The standard InChI is InChI=1S/C10H11F2NO2/c11-4-1-5-15-10(14)8-3-2-7(13)6-9(8)12/h2-3,6H,1,4-5,13H2. The molecule has 0 saturated heterocycles. The van der Waals surface area contributed by atoms with Crippen molar-refractivity contribution >= 4 is 11.7 Å². The van der Waals surface area contributed by atoms with E-state index in [2.05, 4.69) is 4.74 Å². The van der Waals surface area contributed by atoms with Crippen molar-refractivity contribution in [3.05, 3.63) is 29.6 Å². The number of benzene rings is 1. The minimum atomic E-state index is -0.805. The van der Waals surface area contributed by atoms with Crippen LogP contribution in [-0.4, -0.2) is 19.3 Å². The molecule has 3 nitrogen and oxygen atoms in total. The molecule has 0 aliphatic rings. The molecule has 1 aromatic carbocycles.